The molecule has 0 heterocycles. The van der Waals surface area contributed by atoms with Crippen molar-refractivity contribution >= 4 is 57.3 Å². The highest BCUT2D eigenvalue weighted by Crippen LogP contribution is 2.32. The van der Waals surface area contributed by atoms with Gasteiger partial charge in [0.15, 0.2) is 11.5 Å². The van der Waals surface area contributed by atoms with Crippen molar-refractivity contribution in [3.63, 3.8) is 0 Å². The van der Waals surface area contributed by atoms with E-state index in [4.69, 9.17) is 4.74 Å². The molecule has 0 aliphatic rings. The summed E-state index contributed by atoms with van der Waals surface area (Å²) >= 11 is 4.16. The Kier molecular flexibility index (Phi) is 6.63. The van der Waals surface area contributed by atoms with Gasteiger partial charge in [-0.1, -0.05) is 6.07 Å². The van der Waals surface area contributed by atoms with E-state index < -0.39 is 0 Å². The molecule has 2 N–H and O–H groups in total. The zero-order valence-corrected chi connectivity index (χ0v) is 16.5. The van der Waals surface area contributed by atoms with Crippen molar-refractivity contribution in [2.45, 2.75) is 6.92 Å². The third-order valence-electron chi connectivity index (χ3n) is 2.82. The van der Waals surface area contributed by atoms with E-state index in [1.54, 1.807) is 24.3 Å². The second-order valence-corrected chi connectivity index (χ2v) is 6.90. The third kappa shape index (κ3) is 5.06. The Morgan fingerprint density at radius 1 is 1.35 bits per heavy atom. The Hall–Kier alpha value is -1.36. The zero-order valence-electron chi connectivity index (χ0n) is 12.2. The molecule has 0 aromatic heterocycles. The molecular formula is C16H14I2N2O3. The zero-order chi connectivity index (χ0) is 16.8. The second-order valence-electron chi connectivity index (χ2n) is 4.49. The molecule has 2 aromatic rings. The van der Waals surface area contributed by atoms with Gasteiger partial charge in [0.1, 0.15) is 0 Å². The Bertz CT molecular complexity index is 748. The first-order valence-corrected chi connectivity index (χ1v) is 8.91. The third-order valence-corrected chi connectivity index (χ3v) is 4.31. The molecule has 5 nitrogen and oxygen atoms in total. The molecule has 0 saturated heterocycles. The number of carbonyl (C=O) groups is 1. The predicted octanol–water partition coefficient (Wildman–Crippen LogP) is 3.76. The number of nitrogens with zero attached hydrogens (tertiary/aromatic N) is 1. The minimum atomic E-state index is -0.279. The van der Waals surface area contributed by atoms with E-state index in [1.165, 1.54) is 6.21 Å². The van der Waals surface area contributed by atoms with Crippen LogP contribution in [0.3, 0.4) is 0 Å². The summed E-state index contributed by atoms with van der Waals surface area (Å²) in [7, 11) is 0. The number of phenols is 1. The van der Waals surface area contributed by atoms with Crippen molar-refractivity contribution in [2.24, 2.45) is 5.10 Å². The fourth-order valence-corrected chi connectivity index (χ4v) is 2.96. The lowest BCUT2D eigenvalue weighted by molar-refractivity contribution is 0.0955. The van der Waals surface area contributed by atoms with Crippen LogP contribution in [-0.4, -0.2) is 23.8 Å². The average Bonchev–Trinajstić information content (AvgIpc) is 2.52. The molecule has 0 radical (unpaired) electrons. The number of rotatable bonds is 5. The van der Waals surface area contributed by atoms with E-state index in [0.717, 1.165) is 9.13 Å². The smallest absolute Gasteiger partial charge is 0.271 e. The fourth-order valence-electron chi connectivity index (χ4n) is 1.79. The first kappa shape index (κ1) is 18.0. The second kappa shape index (κ2) is 8.48. The maximum Gasteiger partial charge on any atom is 0.271 e. The van der Waals surface area contributed by atoms with Gasteiger partial charge in [-0.2, -0.15) is 5.10 Å². The number of hydrogen-bond donors (Lipinski definition) is 2. The van der Waals surface area contributed by atoms with Crippen LogP contribution in [0.1, 0.15) is 22.8 Å². The van der Waals surface area contributed by atoms with Gasteiger partial charge in [0, 0.05) is 9.13 Å². The lowest BCUT2D eigenvalue weighted by Crippen LogP contribution is -2.17. The molecule has 2 rings (SSSR count). The van der Waals surface area contributed by atoms with Crippen molar-refractivity contribution < 1.29 is 14.6 Å². The van der Waals surface area contributed by atoms with Crippen molar-refractivity contribution in [1.29, 1.82) is 0 Å². The van der Waals surface area contributed by atoms with Crippen LogP contribution in [0.4, 0.5) is 0 Å². The molecule has 0 aliphatic carbocycles. The van der Waals surface area contributed by atoms with Gasteiger partial charge in [-0.25, -0.2) is 5.43 Å². The van der Waals surface area contributed by atoms with Gasteiger partial charge in [0.05, 0.1) is 16.4 Å². The molecule has 1 amide bonds. The van der Waals surface area contributed by atoms with E-state index in [-0.39, 0.29) is 11.7 Å². The van der Waals surface area contributed by atoms with Crippen LogP contribution < -0.4 is 10.2 Å². The minimum Gasteiger partial charge on any atom is -0.504 e. The lowest BCUT2D eigenvalue weighted by atomic mass is 10.2. The number of hydrogen-bond acceptors (Lipinski definition) is 4. The molecule has 0 aliphatic heterocycles. The number of amides is 1. The summed E-state index contributed by atoms with van der Waals surface area (Å²) in [6.07, 6.45) is 1.51. The molecule has 120 valence electrons. The van der Waals surface area contributed by atoms with Crippen LogP contribution in [0.5, 0.6) is 11.5 Å². The number of aromatic hydroxyl groups is 1. The van der Waals surface area contributed by atoms with Gasteiger partial charge in [0.25, 0.3) is 5.91 Å². The highest BCUT2D eigenvalue weighted by Gasteiger charge is 2.08. The molecule has 23 heavy (non-hydrogen) atoms. The van der Waals surface area contributed by atoms with E-state index in [2.05, 4.69) is 33.1 Å². The summed E-state index contributed by atoms with van der Waals surface area (Å²) in [5.41, 5.74) is 3.75. The summed E-state index contributed by atoms with van der Waals surface area (Å²) in [4.78, 5) is 12.0. The number of phenolic OH excluding ortho intramolecular Hbond substituents is 1. The molecular weight excluding hydrogens is 522 g/mol. The van der Waals surface area contributed by atoms with Gasteiger partial charge >= 0.3 is 0 Å². The van der Waals surface area contributed by atoms with Gasteiger partial charge in [0.2, 0.25) is 0 Å². The van der Waals surface area contributed by atoms with Gasteiger partial charge in [-0.15, -0.1) is 0 Å². The monoisotopic (exact) mass is 536 g/mol. The SMILES string of the molecule is CCOc1cc(/C=N\NC(=O)c2cccc(I)c2)cc(I)c1O. The first-order chi connectivity index (χ1) is 11.0. The molecule has 0 fully saturated rings. The molecule has 0 saturated carbocycles. The lowest BCUT2D eigenvalue weighted by Gasteiger charge is -2.08. The maximum atomic E-state index is 12.0. The van der Waals surface area contributed by atoms with Crippen LogP contribution in [0.25, 0.3) is 0 Å². The summed E-state index contributed by atoms with van der Waals surface area (Å²) in [5, 5.41) is 13.8. The number of halogens is 2. The Balaban J connectivity index is 2.10. The quantitative estimate of drug-likeness (QED) is 0.348. The number of nitrogens with one attached hydrogen (secondary N) is 1. The standard InChI is InChI=1S/C16H14I2N2O3/c1-2-23-14-7-10(6-13(18)15(14)21)9-19-20-16(22)11-4-3-5-12(17)8-11/h3-9,21H,2H2,1H3,(H,20,22)/b19-9-. The molecule has 0 atom stereocenters. The molecule has 0 spiro atoms. The van der Waals surface area contributed by atoms with Crippen molar-refractivity contribution in [3.05, 3.63) is 54.7 Å². The molecule has 0 bridgehead atoms. The summed E-state index contributed by atoms with van der Waals surface area (Å²) in [6.45, 7) is 2.29. The first-order valence-electron chi connectivity index (χ1n) is 6.75. The Morgan fingerprint density at radius 2 is 2.13 bits per heavy atom. The molecule has 0 unspecified atom stereocenters. The molecule has 2 aromatic carbocycles. The van der Waals surface area contributed by atoms with Crippen LogP contribution in [0.15, 0.2) is 41.5 Å². The van der Waals surface area contributed by atoms with Gasteiger partial charge in [-0.3, -0.25) is 4.79 Å². The topological polar surface area (TPSA) is 70.9 Å². The van der Waals surface area contributed by atoms with Crippen molar-refractivity contribution in [1.82, 2.24) is 5.43 Å². The van der Waals surface area contributed by atoms with Gasteiger partial charge in [-0.05, 0) is 88.0 Å². The summed E-state index contributed by atoms with van der Waals surface area (Å²) < 4.78 is 7.00. The van der Waals surface area contributed by atoms with Crippen LogP contribution in [-0.2, 0) is 0 Å². The summed E-state index contributed by atoms with van der Waals surface area (Å²) in [6, 6.07) is 10.7. The number of carbonyl (C=O) groups excluding carboxylic acids is 1. The van der Waals surface area contributed by atoms with Crippen LogP contribution in [0, 0.1) is 7.14 Å². The summed E-state index contributed by atoms with van der Waals surface area (Å²) in [5.74, 6) is 0.218. The fraction of sp³-hybridized carbons (Fsp3) is 0.125. The highest BCUT2D eigenvalue weighted by molar-refractivity contribution is 14.1. The maximum absolute atomic E-state index is 12.0. The minimum absolute atomic E-state index is 0.104. The van der Waals surface area contributed by atoms with E-state index in [9.17, 15) is 9.90 Å². The molecule has 7 heteroatoms. The largest absolute Gasteiger partial charge is 0.504 e. The highest BCUT2D eigenvalue weighted by atomic mass is 127. The number of benzene rings is 2. The predicted molar refractivity (Wildman–Crippen MR) is 106 cm³/mol. The van der Waals surface area contributed by atoms with Crippen molar-refractivity contribution in [3.8, 4) is 11.5 Å². The van der Waals surface area contributed by atoms with Crippen LogP contribution >= 0.6 is 45.2 Å². The number of hydrazone groups is 1. The Morgan fingerprint density at radius 3 is 2.83 bits per heavy atom. The van der Waals surface area contributed by atoms with Gasteiger partial charge < -0.3 is 9.84 Å². The average molecular weight is 536 g/mol. The van der Waals surface area contributed by atoms with Crippen LogP contribution in [0.2, 0.25) is 0 Å². The van der Waals surface area contributed by atoms with E-state index in [1.807, 2.05) is 41.6 Å². The van der Waals surface area contributed by atoms with E-state index in [0.29, 0.717) is 21.5 Å². The van der Waals surface area contributed by atoms with E-state index >= 15 is 0 Å². The van der Waals surface area contributed by atoms with Crippen molar-refractivity contribution in [2.75, 3.05) is 6.61 Å². The Labute approximate surface area is 161 Å². The normalized spacial score (nSPS) is 10.7. The number of ether oxygens (including phenoxy) is 1.